The highest BCUT2D eigenvalue weighted by Crippen LogP contribution is 2.38. The molecule has 1 heterocycles. The van der Waals surface area contributed by atoms with Gasteiger partial charge in [0.2, 0.25) is 5.69 Å². The molecule has 1 aliphatic rings. The minimum atomic E-state index is -0.0869. The highest BCUT2D eigenvalue weighted by molar-refractivity contribution is 5.87. The zero-order valence-corrected chi connectivity index (χ0v) is 12.8. The van der Waals surface area contributed by atoms with Crippen molar-refractivity contribution in [2.24, 2.45) is 0 Å². The summed E-state index contributed by atoms with van der Waals surface area (Å²) in [4.78, 5) is 0. The molecule has 4 rings (SSSR count). The molecule has 3 aromatic rings. The van der Waals surface area contributed by atoms with Crippen molar-refractivity contribution in [2.75, 3.05) is 0 Å². The van der Waals surface area contributed by atoms with Crippen molar-refractivity contribution in [3.63, 3.8) is 0 Å². The zero-order valence-electron chi connectivity index (χ0n) is 12.8. The fourth-order valence-corrected chi connectivity index (χ4v) is 3.30. The van der Waals surface area contributed by atoms with Gasteiger partial charge in [0.1, 0.15) is 5.92 Å². The minimum Gasteiger partial charge on any atom is -0.462 e. The van der Waals surface area contributed by atoms with Crippen LogP contribution in [-0.4, -0.2) is 15.6 Å². The molecular formula is C21H18NO+. The molecule has 0 aromatic heterocycles. The minimum absolute atomic E-state index is 0.0869. The summed E-state index contributed by atoms with van der Waals surface area (Å²) in [5, 5.41) is 10.9. The van der Waals surface area contributed by atoms with Crippen molar-refractivity contribution in [1.82, 2.24) is 0 Å². The van der Waals surface area contributed by atoms with Gasteiger partial charge in [0.05, 0.1) is 0 Å². The maximum Gasteiger partial charge on any atom is 0.352 e. The number of para-hydroxylation sites is 1. The van der Waals surface area contributed by atoms with Crippen molar-refractivity contribution in [3.05, 3.63) is 102 Å². The fourth-order valence-electron chi connectivity index (χ4n) is 3.30. The normalized spacial score (nSPS) is 16.4. The molecule has 1 atom stereocenters. The summed E-state index contributed by atoms with van der Waals surface area (Å²) in [6.45, 7) is 0.674. The Labute approximate surface area is 136 Å². The third-order valence-corrected chi connectivity index (χ3v) is 4.39. The number of fused-ring (bicyclic) bond motifs is 1. The molecule has 2 heteroatoms. The van der Waals surface area contributed by atoms with E-state index in [0.29, 0.717) is 12.4 Å². The van der Waals surface area contributed by atoms with Crippen LogP contribution in [0.2, 0.25) is 0 Å². The second-order valence-corrected chi connectivity index (χ2v) is 5.83. The maximum absolute atomic E-state index is 10.9. The Kier molecular flexibility index (Phi) is 3.43. The van der Waals surface area contributed by atoms with Gasteiger partial charge < -0.3 is 5.11 Å². The van der Waals surface area contributed by atoms with E-state index < -0.39 is 0 Å². The lowest BCUT2D eigenvalue weighted by molar-refractivity contribution is -0.463. The van der Waals surface area contributed by atoms with Gasteiger partial charge in [-0.2, -0.15) is 4.58 Å². The third-order valence-electron chi connectivity index (χ3n) is 4.39. The zero-order chi connectivity index (χ0) is 15.6. The lowest BCUT2D eigenvalue weighted by atomic mass is 9.92. The Balaban J connectivity index is 1.82. The third kappa shape index (κ3) is 2.42. The van der Waals surface area contributed by atoms with E-state index in [1.807, 2.05) is 53.1 Å². The lowest BCUT2D eigenvalue weighted by Crippen LogP contribution is -2.17. The molecule has 2 nitrogen and oxygen atoms in total. The van der Waals surface area contributed by atoms with E-state index >= 15 is 0 Å². The van der Waals surface area contributed by atoms with Gasteiger partial charge >= 0.3 is 5.90 Å². The number of hydrogen-bond acceptors (Lipinski definition) is 0. The molecule has 1 N–H and O–H groups in total. The van der Waals surface area contributed by atoms with Gasteiger partial charge in [-0.15, -0.1) is 0 Å². The molecule has 0 radical (unpaired) electrons. The molecule has 0 aliphatic carbocycles. The average Bonchev–Trinajstić information content (AvgIpc) is 2.89. The molecule has 0 bridgehead atoms. The van der Waals surface area contributed by atoms with E-state index in [2.05, 4.69) is 36.4 Å². The van der Waals surface area contributed by atoms with Crippen molar-refractivity contribution >= 4 is 11.6 Å². The quantitative estimate of drug-likeness (QED) is 0.700. The molecule has 1 unspecified atom stereocenters. The Morgan fingerprint density at radius 1 is 0.739 bits per heavy atom. The number of nitrogens with zero attached hydrogens (tertiary/aromatic N) is 1. The molecule has 0 amide bonds. The topological polar surface area (TPSA) is 23.2 Å². The Hall–Kier alpha value is -2.87. The van der Waals surface area contributed by atoms with Crippen LogP contribution in [0, 0.1) is 0 Å². The molecule has 0 saturated carbocycles. The van der Waals surface area contributed by atoms with Gasteiger partial charge in [-0.1, -0.05) is 78.9 Å². The number of rotatable bonds is 3. The summed E-state index contributed by atoms with van der Waals surface area (Å²) in [6.07, 6.45) is 0. The van der Waals surface area contributed by atoms with Crippen LogP contribution in [0.4, 0.5) is 5.69 Å². The van der Waals surface area contributed by atoms with Crippen LogP contribution in [0.3, 0.4) is 0 Å². The van der Waals surface area contributed by atoms with E-state index in [-0.39, 0.29) is 5.92 Å². The first kappa shape index (κ1) is 13.8. The smallest absolute Gasteiger partial charge is 0.352 e. The molecule has 0 spiro atoms. The molecule has 1 aliphatic heterocycles. The predicted octanol–water partition coefficient (Wildman–Crippen LogP) is 4.63. The largest absolute Gasteiger partial charge is 0.462 e. The number of benzene rings is 3. The van der Waals surface area contributed by atoms with E-state index in [4.69, 9.17) is 0 Å². The second kappa shape index (κ2) is 5.73. The molecule has 23 heavy (non-hydrogen) atoms. The second-order valence-electron chi connectivity index (χ2n) is 5.83. The Bertz CT molecular complexity index is 853. The van der Waals surface area contributed by atoms with Gasteiger partial charge in [0.15, 0.2) is 6.54 Å². The molecular weight excluding hydrogens is 282 g/mol. The summed E-state index contributed by atoms with van der Waals surface area (Å²) in [5.74, 6) is 0.317. The van der Waals surface area contributed by atoms with E-state index in [1.165, 1.54) is 5.56 Å². The highest BCUT2D eigenvalue weighted by atomic mass is 16.3. The van der Waals surface area contributed by atoms with Crippen LogP contribution in [-0.2, 0) is 6.54 Å². The van der Waals surface area contributed by atoms with Crippen LogP contribution < -0.4 is 0 Å². The molecule has 0 fully saturated rings. The predicted molar refractivity (Wildman–Crippen MR) is 92.4 cm³/mol. The maximum atomic E-state index is 10.9. The number of aliphatic hydroxyl groups is 1. The van der Waals surface area contributed by atoms with Gasteiger partial charge in [0.25, 0.3) is 0 Å². The van der Waals surface area contributed by atoms with Crippen molar-refractivity contribution in [2.45, 2.75) is 12.5 Å². The van der Waals surface area contributed by atoms with Crippen LogP contribution in [0.15, 0.2) is 84.9 Å². The molecule has 3 aromatic carbocycles. The molecule has 112 valence electrons. The first-order valence-corrected chi connectivity index (χ1v) is 7.86. The van der Waals surface area contributed by atoms with Gasteiger partial charge in [0, 0.05) is 17.2 Å². The fraction of sp³-hybridized carbons (Fsp3) is 0.0952. The lowest BCUT2D eigenvalue weighted by Gasteiger charge is -2.06. The first-order valence-electron chi connectivity index (χ1n) is 7.86. The van der Waals surface area contributed by atoms with Crippen molar-refractivity contribution in [1.29, 1.82) is 0 Å². The Morgan fingerprint density at radius 2 is 1.35 bits per heavy atom. The Morgan fingerprint density at radius 3 is 2.09 bits per heavy atom. The van der Waals surface area contributed by atoms with E-state index in [1.54, 1.807) is 0 Å². The molecule has 0 saturated heterocycles. The van der Waals surface area contributed by atoms with Gasteiger partial charge in [-0.3, -0.25) is 0 Å². The van der Waals surface area contributed by atoms with Crippen LogP contribution in [0.25, 0.3) is 0 Å². The average molecular weight is 300 g/mol. The number of aliphatic hydroxyl groups excluding tert-OH is 1. The SMILES string of the molecule is OC1=[N+](Cc2ccccc2)c2ccccc2C1c1ccccc1. The summed E-state index contributed by atoms with van der Waals surface area (Å²) < 4.78 is 2.02. The van der Waals surface area contributed by atoms with Crippen LogP contribution in [0.1, 0.15) is 22.6 Å². The van der Waals surface area contributed by atoms with Crippen molar-refractivity contribution in [3.8, 4) is 0 Å². The monoisotopic (exact) mass is 300 g/mol. The standard InChI is InChI=1S/C21H17NO/c23-21-20(17-11-5-2-6-12-17)18-13-7-8-14-19(18)22(21)15-16-9-3-1-4-10-16/h1-14,20H,15H2/p+1. The van der Waals surface area contributed by atoms with Gasteiger partial charge in [-0.05, 0) is 5.56 Å². The van der Waals surface area contributed by atoms with E-state index in [0.717, 1.165) is 16.8 Å². The summed E-state index contributed by atoms with van der Waals surface area (Å²) in [7, 11) is 0. The van der Waals surface area contributed by atoms with E-state index in [9.17, 15) is 5.11 Å². The summed E-state index contributed by atoms with van der Waals surface area (Å²) in [5.41, 5.74) is 4.55. The number of hydrogen-bond donors (Lipinski definition) is 1. The van der Waals surface area contributed by atoms with Crippen LogP contribution >= 0.6 is 0 Å². The van der Waals surface area contributed by atoms with Crippen LogP contribution in [0.5, 0.6) is 0 Å². The van der Waals surface area contributed by atoms with Crippen molar-refractivity contribution < 1.29 is 9.68 Å². The van der Waals surface area contributed by atoms with Gasteiger partial charge in [-0.25, -0.2) is 0 Å². The first-order chi connectivity index (χ1) is 11.3. The summed E-state index contributed by atoms with van der Waals surface area (Å²) in [6, 6.07) is 28.7. The highest BCUT2D eigenvalue weighted by Gasteiger charge is 2.40. The summed E-state index contributed by atoms with van der Waals surface area (Å²) >= 11 is 0.